The monoisotopic (exact) mass is 307 g/mol. The molecule has 1 aromatic heterocycles. The maximum Gasteiger partial charge on any atom is 0.220 e. The zero-order chi connectivity index (χ0) is 16.1. The van der Waals surface area contributed by atoms with Gasteiger partial charge in [0.25, 0.3) is 0 Å². The number of hydrogen-bond donors (Lipinski definition) is 1. The average Bonchev–Trinajstić information content (AvgIpc) is 2.92. The van der Waals surface area contributed by atoms with Gasteiger partial charge in [0.15, 0.2) is 0 Å². The Morgan fingerprint density at radius 1 is 1.09 bits per heavy atom. The quantitative estimate of drug-likeness (QED) is 0.757. The smallest absolute Gasteiger partial charge is 0.220 e. The van der Waals surface area contributed by atoms with Crippen molar-refractivity contribution in [2.45, 2.75) is 32.9 Å². The molecule has 3 rings (SSSR count). The third-order valence-corrected chi connectivity index (χ3v) is 3.84. The molecule has 0 radical (unpaired) electrons. The van der Waals surface area contributed by atoms with Gasteiger partial charge in [-0.2, -0.15) is 0 Å². The first kappa shape index (κ1) is 15.3. The van der Waals surface area contributed by atoms with Crippen molar-refractivity contribution in [2.24, 2.45) is 0 Å². The molecule has 0 unspecified atom stereocenters. The molecule has 1 heterocycles. The highest BCUT2D eigenvalue weighted by atomic mass is 16.1. The van der Waals surface area contributed by atoms with E-state index in [4.69, 9.17) is 0 Å². The lowest BCUT2D eigenvalue weighted by Crippen LogP contribution is -2.24. The molecule has 0 aliphatic rings. The molecule has 0 spiro atoms. The fourth-order valence-electron chi connectivity index (χ4n) is 2.70. The highest BCUT2D eigenvalue weighted by Gasteiger charge is 2.11. The van der Waals surface area contributed by atoms with E-state index < -0.39 is 0 Å². The molecule has 0 bridgehead atoms. The second-order valence-electron chi connectivity index (χ2n) is 5.62. The molecule has 0 saturated heterocycles. The summed E-state index contributed by atoms with van der Waals surface area (Å²) in [4.78, 5) is 16.4. The van der Waals surface area contributed by atoms with E-state index in [1.807, 2.05) is 43.3 Å². The molecule has 2 aromatic carbocycles. The van der Waals surface area contributed by atoms with Crippen LogP contribution in [0.4, 0.5) is 0 Å². The molecule has 4 nitrogen and oxygen atoms in total. The molecule has 1 amide bonds. The summed E-state index contributed by atoms with van der Waals surface area (Å²) >= 11 is 0. The molecule has 0 saturated carbocycles. The van der Waals surface area contributed by atoms with E-state index in [9.17, 15) is 4.79 Å². The van der Waals surface area contributed by atoms with Crippen molar-refractivity contribution in [3.8, 4) is 0 Å². The summed E-state index contributed by atoms with van der Waals surface area (Å²) in [6.07, 6.45) is 1.41. The maximum absolute atomic E-state index is 11.8. The number of para-hydroxylation sites is 2. The number of aromatic nitrogens is 2. The van der Waals surface area contributed by atoms with Crippen LogP contribution in [0.3, 0.4) is 0 Å². The third-order valence-electron chi connectivity index (χ3n) is 3.84. The molecule has 118 valence electrons. The first-order valence-electron chi connectivity index (χ1n) is 8.02. The summed E-state index contributed by atoms with van der Waals surface area (Å²) in [5.41, 5.74) is 3.27. The van der Waals surface area contributed by atoms with Crippen LogP contribution in [0.5, 0.6) is 0 Å². The summed E-state index contributed by atoms with van der Waals surface area (Å²) in [5.74, 6) is 0.963. The van der Waals surface area contributed by atoms with Crippen molar-refractivity contribution in [2.75, 3.05) is 0 Å². The largest absolute Gasteiger partial charge is 0.349 e. The second kappa shape index (κ2) is 7.09. The van der Waals surface area contributed by atoms with E-state index >= 15 is 0 Å². The van der Waals surface area contributed by atoms with E-state index in [1.54, 1.807) is 0 Å². The third kappa shape index (κ3) is 3.59. The van der Waals surface area contributed by atoms with Gasteiger partial charge < -0.3 is 9.88 Å². The number of carbonyl (C=O) groups is 1. The first-order valence-corrected chi connectivity index (χ1v) is 8.02. The van der Waals surface area contributed by atoms with Crippen molar-refractivity contribution in [3.05, 3.63) is 66.0 Å². The minimum atomic E-state index is 0.0748. The van der Waals surface area contributed by atoms with Gasteiger partial charge in [0.1, 0.15) is 5.82 Å². The van der Waals surface area contributed by atoms with Gasteiger partial charge in [-0.05, 0) is 24.1 Å². The van der Waals surface area contributed by atoms with Crippen LogP contribution in [-0.2, 0) is 17.9 Å². The fourth-order valence-corrected chi connectivity index (χ4v) is 2.70. The van der Waals surface area contributed by atoms with E-state index in [0.29, 0.717) is 13.0 Å². The van der Waals surface area contributed by atoms with E-state index in [0.717, 1.165) is 29.8 Å². The van der Waals surface area contributed by atoms with Crippen molar-refractivity contribution in [3.63, 3.8) is 0 Å². The predicted molar refractivity (Wildman–Crippen MR) is 92.0 cm³/mol. The summed E-state index contributed by atoms with van der Waals surface area (Å²) in [6, 6.07) is 18.4. The number of imidazole rings is 1. The van der Waals surface area contributed by atoms with Crippen molar-refractivity contribution < 1.29 is 4.79 Å². The van der Waals surface area contributed by atoms with Crippen molar-refractivity contribution >= 4 is 16.9 Å². The minimum Gasteiger partial charge on any atom is -0.349 e. The van der Waals surface area contributed by atoms with Crippen molar-refractivity contribution in [1.82, 2.24) is 14.9 Å². The normalized spacial score (nSPS) is 10.8. The number of nitrogens with one attached hydrogen (secondary N) is 1. The standard InChI is InChI=1S/C19H21N3O/c1-2-8-19(23)20-13-18-21-16-11-6-7-12-17(16)22(18)14-15-9-4-3-5-10-15/h3-7,9-12H,2,8,13-14H2,1H3,(H,20,23). The van der Waals surface area contributed by atoms with E-state index in [-0.39, 0.29) is 5.91 Å². The van der Waals surface area contributed by atoms with Gasteiger partial charge in [-0.15, -0.1) is 0 Å². The number of nitrogens with zero attached hydrogens (tertiary/aromatic N) is 2. The molecular formula is C19H21N3O. The van der Waals surface area contributed by atoms with Gasteiger partial charge in [0.2, 0.25) is 5.91 Å². The second-order valence-corrected chi connectivity index (χ2v) is 5.62. The van der Waals surface area contributed by atoms with E-state index in [1.165, 1.54) is 5.56 Å². The van der Waals surface area contributed by atoms with Gasteiger partial charge in [0, 0.05) is 13.0 Å². The van der Waals surface area contributed by atoms with Gasteiger partial charge in [0.05, 0.1) is 17.6 Å². The molecule has 23 heavy (non-hydrogen) atoms. The summed E-state index contributed by atoms with van der Waals surface area (Å²) < 4.78 is 2.18. The molecule has 0 fully saturated rings. The lowest BCUT2D eigenvalue weighted by Gasteiger charge is -2.10. The minimum absolute atomic E-state index is 0.0748. The van der Waals surface area contributed by atoms with Gasteiger partial charge in [-0.1, -0.05) is 49.4 Å². The number of benzene rings is 2. The topological polar surface area (TPSA) is 46.9 Å². The predicted octanol–water partition coefficient (Wildman–Crippen LogP) is 3.50. The number of amides is 1. The van der Waals surface area contributed by atoms with Crippen LogP contribution in [0, 0.1) is 0 Å². The number of carbonyl (C=O) groups excluding carboxylic acids is 1. The van der Waals surface area contributed by atoms with Crippen LogP contribution in [-0.4, -0.2) is 15.5 Å². The van der Waals surface area contributed by atoms with Crippen LogP contribution in [0.2, 0.25) is 0 Å². The van der Waals surface area contributed by atoms with Crippen LogP contribution >= 0.6 is 0 Å². The van der Waals surface area contributed by atoms with Gasteiger partial charge >= 0.3 is 0 Å². The van der Waals surface area contributed by atoms with Crippen molar-refractivity contribution in [1.29, 1.82) is 0 Å². The Labute approximate surface area is 136 Å². The molecule has 0 atom stereocenters. The fraction of sp³-hybridized carbons (Fsp3) is 0.263. The summed E-state index contributed by atoms with van der Waals surface area (Å²) in [7, 11) is 0. The van der Waals surface area contributed by atoms with Crippen LogP contribution in [0.15, 0.2) is 54.6 Å². The summed E-state index contributed by atoms with van der Waals surface area (Å²) in [5, 5.41) is 2.96. The lowest BCUT2D eigenvalue weighted by molar-refractivity contribution is -0.121. The Morgan fingerprint density at radius 3 is 2.61 bits per heavy atom. The van der Waals surface area contributed by atoms with E-state index in [2.05, 4.69) is 33.1 Å². The maximum atomic E-state index is 11.8. The molecule has 0 aliphatic carbocycles. The number of rotatable bonds is 6. The Hall–Kier alpha value is -2.62. The SMILES string of the molecule is CCCC(=O)NCc1nc2ccccc2n1Cc1ccccc1. The first-order chi connectivity index (χ1) is 11.3. The van der Waals surface area contributed by atoms with Crippen LogP contribution < -0.4 is 5.32 Å². The zero-order valence-corrected chi connectivity index (χ0v) is 13.3. The summed E-state index contributed by atoms with van der Waals surface area (Å²) in [6.45, 7) is 3.21. The van der Waals surface area contributed by atoms with Gasteiger partial charge in [-0.3, -0.25) is 4.79 Å². The van der Waals surface area contributed by atoms with Crippen LogP contribution in [0.1, 0.15) is 31.2 Å². The highest BCUT2D eigenvalue weighted by Crippen LogP contribution is 2.18. The molecule has 3 aromatic rings. The Morgan fingerprint density at radius 2 is 1.83 bits per heavy atom. The molecule has 1 N–H and O–H groups in total. The van der Waals surface area contributed by atoms with Gasteiger partial charge in [-0.25, -0.2) is 4.98 Å². The Kier molecular flexibility index (Phi) is 4.71. The molecule has 4 heteroatoms. The molecule has 0 aliphatic heterocycles. The zero-order valence-electron chi connectivity index (χ0n) is 13.3. The van der Waals surface area contributed by atoms with Crippen LogP contribution in [0.25, 0.3) is 11.0 Å². The lowest BCUT2D eigenvalue weighted by atomic mass is 10.2. The molecular weight excluding hydrogens is 286 g/mol. The number of hydrogen-bond acceptors (Lipinski definition) is 2. The number of fused-ring (bicyclic) bond motifs is 1. The Bertz CT molecular complexity index is 793. The highest BCUT2D eigenvalue weighted by molar-refractivity contribution is 5.77. The average molecular weight is 307 g/mol. The Balaban J connectivity index is 1.90.